The minimum atomic E-state index is -3.60. The molecule has 7 nitrogen and oxygen atoms in total. The number of rotatable bonds is 9. The lowest BCUT2D eigenvalue weighted by Crippen LogP contribution is -2.35. The Kier molecular flexibility index (Phi) is 7.77. The summed E-state index contributed by atoms with van der Waals surface area (Å²) in [6, 6.07) is 11.7. The van der Waals surface area contributed by atoms with E-state index >= 15 is 0 Å². The van der Waals surface area contributed by atoms with Crippen LogP contribution in [0.15, 0.2) is 48.5 Å². The van der Waals surface area contributed by atoms with E-state index in [0.717, 1.165) is 11.8 Å². The number of nitrogens with one attached hydrogen (secondary N) is 1. The summed E-state index contributed by atoms with van der Waals surface area (Å²) < 4.78 is 45.5. The van der Waals surface area contributed by atoms with E-state index in [1.807, 2.05) is 0 Å². The van der Waals surface area contributed by atoms with Crippen LogP contribution in [0.3, 0.4) is 0 Å². The lowest BCUT2D eigenvalue weighted by molar-refractivity contribution is 0.171. The first-order chi connectivity index (χ1) is 13.3. The van der Waals surface area contributed by atoms with E-state index in [1.54, 1.807) is 30.2 Å². The minimum absolute atomic E-state index is 0.196. The highest BCUT2D eigenvalue weighted by atomic mass is 32.2. The number of benzene rings is 2. The third-order valence-electron chi connectivity index (χ3n) is 3.68. The van der Waals surface area contributed by atoms with E-state index in [9.17, 15) is 17.6 Å². The van der Waals surface area contributed by atoms with Gasteiger partial charge in [-0.2, -0.15) is 8.42 Å². The zero-order valence-corrected chi connectivity index (χ0v) is 16.5. The number of urea groups is 1. The van der Waals surface area contributed by atoms with Crippen molar-refractivity contribution in [1.29, 1.82) is 0 Å². The monoisotopic (exact) mass is 410 g/mol. The molecule has 0 aliphatic carbocycles. The van der Waals surface area contributed by atoms with Crippen molar-refractivity contribution in [3.8, 4) is 5.75 Å². The van der Waals surface area contributed by atoms with Crippen LogP contribution >= 0.6 is 0 Å². The lowest BCUT2D eigenvalue weighted by atomic mass is 10.2. The van der Waals surface area contributed by atoms with Gasteiger partial charge in [0.1, 0.15) is 11.6 Å². The Morgan fingerprint density at radius 2 is 1.89 bits per heavy atom. The Balaban J connectivity index is 2.08. The van der Waals surface area contributed by atoms with E-state index in [-0.39, 0.29) is 18.3 Å². The molecule has 0 atom stereocenters. The van der Waals surface area contributed by atoms with E-state index < -0.39 is 15.9 Å². The van der Waals surface area contributed by atoms with Crippen molar-refractivity contribution in [2.75, 3.05) is 31.8 Å². The van der Waals surface area contributed by atoms with Crippen molar-refractivity contribution < 1.29 is 26.5 Å². The SMILES string of the molecule is COCCCN(Cc1ccc(OS(C)(=O)=O)cc1)C(=O)Nc1cccc(F)c1. The molecule has 0 bridgehead atoms. The highest BCUT2D eigenvalue weighted by Crippen LogP contribution is 2.17. The molecule has 0 aliphatic rings. The molecule has 0 spiro atoms. The van der Waals surface area contributed by atoms with E-state index in [2.05, 4.69) is 5.32 Å². The fourth-order valence-corrected chi connectivity index (χ4v) is 2.93. The van der Waals surface area contributed by atoms with Crippen molar-refractivity contribution in [2.45, 2.75) is 13.0 Å². The highest BCUT2D eigenvalue weighted by Gasteiger charge is 2.15. The van der Waals surface area contributed by atoms with Gasteiger partial charge in [0.05, 0.1) is 6.26 Å². The predicted octanol–water partition coefficient (Wildman–Crippen LogP) is 3.23. The molecule has 2 rings (SSSR count). The van der Waals surface area contributed by atoms with E-state index in [4.69, 9.17) is 8.92 Å². The number of hydrogen-bond donors (Lipinski definition) is 1. The number of carbonyl (C=O) groups is 1. The lowest BCUT2D eigenvalue weighted by Gasteiger charge is -2.23. The van der Waals surface area contributed by atoms with Gasteiger partial charge in [-0.1, -0.05) is 18.2 Å². The molecule has 2 aromatic carbocycles. The van der Waals surface area contributed by atoms with Gasteiger partial charge in [-0.25, -0.2) is 9.18 Å². The highest BCUT2D eigenvalue weighted by molar-refractivity contribution is 7.86. The first-order valence-electron chi connectivity index (χ1n) is 8.55. The predicted molar refractivity (Wildman–Crippen MR) is 104 cm³/mol. The second-order valence-electron chi connectivity index (χ2n) is 6.14. The van der Waals surface area contributed by atoms with Gasteiger partial charge in [0, 0.05) is 32.5 Å². The summed E-state index contributed by atoms with van der Waals surface area (Å²) in [5.41, 5.74) is 1.14. The summed E-state index contributed by atoms with van der Waals surface area (Å²) >= 11 is 0. The molecule has 2 aromatic rings. The Bertz CT molecular complexity index is 887. The molecule has 0 unspecified atom stereocenters. The molecule has 0 aliphatic heterocycles. The second kappa shape index (κ2) is 10.0. The summed E-state index contributed by atoms with van der Waals surface area (Å²) in [4.78, 5) is 14.2. The van der Waals surface area contributed by atoms with Gasteiger partial charge in [-0.3, -0.25) is 0 Å². The van der Waals surface area contributed by atoms with Crippen LogP contribution in [0.2, 0.25) is 0 Å². The summed E-state index contributed by atoms with van der Waals surface area (Å²) in [6.45, 7) is 1.20. The molecule has 9 heteroatoms. The Morgan fingerprint density at radius 3 is 2.50 bits per heavy atom. The molecule has 0 saturated carbocycles. The molecule has 2 amide bonds. The maximum Gasteiger partial charge on any atom is 0.322 e. The van der Waals surface area contributed by atoms with Crippen LogP contribution < -0.4 is 9.50 Å². The number of methoxy groups -OCH3 is 1. The van der Waals surface area contributed by atoms with Gasteiger partial charge >= 0.3 is 16.1 Å². The van der Waals surface area contributed by atoms with Gasteiger partial charge in [-0.15, -0.1) is 0 Å². The van der Waals surface area contributed by atoms with Crippen molar-refractivity contribution in [3.05, 3.63) is 59.9 Å². The molecule has 0 radical (unpaired) electrons. The molecule has 0 fully saturated rings. The maximum absolute atomic E-state index is 13.3. The number of anilines is 1. The zero-order chi connectivity index (χ0) is 20.6. The molecule has 1 N–H and O–H groups in total. The standard InChI is InChI=1S/C19H23FN2O5S/c1-26-12-4-11-22(19(23)21-17-6-3-5-16(20)13-17)14-15-7-9-18(10-8-15)27-28(2,24)25/h3,5-10,13H,4,11-12,14H2,1-2H3,(H,21,23). The second-order valence-corrected chi connectivity index (χ2v) is 7.71. The zero-order valence-electron chi connectivity index (χ0n) is 15.7. The molecule has 0 aromatic heterocycles. The summed E-state index contributed by atoms with van der Waals surface area (Å²) in [6.07, 6.45) is 1.59. The number of hydrogen-bond acceptors (Lipinski definition) is 5. The maximum atomic E-state index is 13.3. The Hall–Kier alpha value is -2.65. The van der Waals surface area contributed by atoms with Crippen LogP contribution in [0.4, 0.5) is 14.9 Å². The number of carbonyl (C=O) groups excluding carboxylic acids is 1. The summed E-state index contributed by atoms with van der Waals surface area (Å²) in [5.74, 6) is -0.244. The number of nitrogens with zero attached hydrogens (tertiary/aromatic N) is 1. The van der Waals surface area contributed by atoms with Crippen LogP contribution in [0, 0.1) is 5.82 Å². The molecule has 0 saturated heterocycles. The number of ether oxygens (including phenoxy) is 1. The van der Waals surface area contributed by atoms with E-state index in [0.29, 0.717) is 25.3 Å². The van der Waals surface area contributed by atoms with Crippen molar-refractivity contribution in [3.63, 3.8) is 0 Å². The van der Waals surface area contributed by atoms with Gasteiger partial charge in [0.25, 0.3) is 0 Å². The van der Waals surface area contributed by atoms with Crippen molar-refractivity contribution in [2.24, 2.45) is 0 Å². The summed E-state index contributed by atoms with van der Waals surface area (Å²) in [7, 11) is -2.02. The van der Waals surface area contributed by atoms with Crippen molar-refractivity contribution >= 4 is 21.8 Å². The van der Waals surface area contributed by atoms with Crippen LogP contribution in [-0.2, 0) is 21.4 Å². The smallest absolute Gasteiger partial charge is 0.322 e. The van der Waals surface area contributed by atoms with Gasteiger partial charge in [0.2, 0.25) is 0 Å². The van der Waals surface area contributed by atoms with Crippen LogP contribution in [0.25, 0.3) is 0 Å². The third-order valence-corrected chi connectivity index (χ3v) is 4.18. The van der Waals surface area contributed by atoms with E-state index in [1.165, 1.54) is 30.3 Å². The summed E-state index contributed by atoms with van der Waals surface area (Å²) in [5, 5.41) is 2.67. The fourth-order valence-electron chi connectivity index (χ4n) is 2.47. The average Bonchev–Trinajstić information content (AvgIpc) is 2.61. The quantitative estimate of drug-likeness (QED) is 0.507. The molecule has 0 heterocycles. The van der Waals surface area contributed by atoms with Crippen molar-refractivity contribution in [1.82, 2.24) is 4.90 Å². The topological polar surface area (TPSA) is 84.9 Å². The fraction of sp³-hybridized carbons (Fsp3) is 0.316. The van der Waals surface area contributed by atoms with Gasteiger partial charge < -0.3 is 19.1 Å². The Morgan fingerprint density at radius 1 is 1.18 bits per heavy atom. The molecular formula is C19H23FN2O5S. The van der Waals surface area contributed by atoms with Crippen LogP contribution in [-0.4, -0.2) is 45.9 Å². The van der Waals surface area contributed by atoms with Crippen LogP contribution in [0.5, 0.6) is 5.75 Å². The molecule has 152 valence electrons. The minimum Gasteiger partial charge on any atom is -0.385 e. The third kappa shape index (κ3) is 7.53. The molecular weight excluding hydrogens is 387 g/mol. The van der Waals surface area contributed by atoms with Gasteiger partial charge in [0.15, 0.2) is 0 Å². The van der Waals surface area contributed by atoms with Gasteiger partial charge in [-0.05, 0) is 42.3 Å². The normalized spacial score (nSPS) is 11.1. The van der Waals surface area contributed by atoms with Crippen LogP contribution in [0.1, 0.15) is 12.0 Å². The largest absolute Gasteiger partial charge is 0.385 e. The number of amides is 2. The Labute approximate surface area is 164 Å². The molecule has 28 heavy (non-hydrogen) atoms. The first kappa shape index (κ1) is 21.6. The number of halogens is 1. The average molecular weight is 410 g/mol. The first-order valence-corrected chi connectivity index (χ1v) is 10.4.